The molecule has 0 N–H and O–H groups in total. The van der Waals surface area contributed by atoms with Gasteiger partial charge in [0.1, 0.15) is 13.2 Å². The molecule has 0 spiro atoms. The Kier molecular flexibility index (Phi) is 3.69. The molecule has 1 aromatic carbocycles. The van der Waals surface area contributed by atoms with Crippen LogP contribution in [0.5, 0.6) is 11.5 Å². The highest BCUT2D eigenvalue weighted by atomic mass is 16.6. The van der Waals surface area contributed by atoms with Crippen LogP contribution in [0.25, 0.3) is 10.4 Å². The van der Waals surface area contributed by atoms with Crippen LogP contribution >= 0.6 is 0 Å². The van der Waals surface area contributed by atoms with Gasteiger partial charge in [-0.05, 0) is 24.1 Å². The van der Waals surface area contributed by atoms with E-state index in [1.54, 1.807) is 12.1 Å². The molecule has 0 amide bonds. The van der Waals surface area contributed by atoms with E-state index >= 15 is 0 Å². The van der Waals surface area contributed by atoms with Crippen molar-refractivity contribution in [1.82, 2.24) is 0 Å². The fourth-order valence-electron chi connectivity index (χ4n) is 1.79. The van der Waals surface area contributed by atoms with Crippen molar-refractivity contribution in [3.8, 4) is 11.5 Å². The van der Waals surface area contributed by atoms with Crippen LogP contribution < -0.4 is 9.47 Å². The first kappa shape index (κ1) is 12.3. The van der Waals surface area contributed by atoms with Crippen LogP contribution in [-0.2, 0) is 0 Å². The third kappa shape index (κ3) is 2.38. The first-order chi connectivity index (χ1) is 8.76. The number of carbonyl (C=O) groups is 1. The molecule has 18 heavy (non-hydrogen) atoms. The van der Waals surface area contributed by atoms with Crippen LogP contribution in [0.1, 0.15) is 30.1 Å². The summed E-state index contributed by atoms with van der Waals surface area (Å²) in [7, 11) is 0. The molecule has 2 rings (SSSR count). The van der Waals surface area contributed by atoms with Gasteiger partial charge in [0.25, 0.3) is 0 Å². The number of azide groups is 1. The van der Waals surface area contributed by atoms with E-state index in [2.05, 4.69) is 10.0 Å². The Hall–Kier alpha value is -2.20. The standard InChI is InChI=1S/C12H13N3O3/c1-2-3-10(16)8-6-11-12(18-5-4-17-11)7-9(8)14-15-13/h6-7H,2-5H2,1H3. The molecule has 1 aliphatic rings. The van der Waals surface area contributed by atoms with Crippen LogP contribution in [-0.4, -0.2) is 19.0 Å². The average Bonchev–Trinajstić information content (AvgIpc) is 2.38. The van der Waals surface area contributed by atoms with Gasteiger partial charge in [-0.1, -0.05) is 12.0 Å². The quantitative estimate of drug-likeness (QED) is 0.354. The molecule has 1 aromatic rings. The SMILES string of the molecule is CCCC(=O)c1cc2c(cc1N=[N+]=[N-])OCCO2. The maximum atomic E-state index is 11.9. The van der Waals surface area contributed by atoms with Crippen molar-refractivity contribution in [2.75, 3.05) is 13.2 Å². The van der Waals surface area contributed by atoms with Crippen molar-refractivity contribution in [2.45, 2.75) is 19.8 Å². The van der Waals surface area contributed by atoms with Crippen LogP contribution in [0.2, 0.25) is 0 Å². The number of fused-ring (bicyclic) bond motifs is 1. The Bertz CT molecular complexity index is 522. The Morgan fingerprint density at radius 1 is 1.39 bits per heavy atom. The third-order valence-electron chi connectivity index (χ3n) is 2.59. The van der Waals surface area contributed by atoms with E-state index < -0.39 is 0 Å². The number of rotatable bonds is 4. The van der Waals surface area contributed by atoms with Crippen LogP contribution in [0.4, 0.5) is 5.69 Å². The second kappa shape index (κ2) is 5.42. The predicted octanol–water partition coefficient (Wildman–Crippen LogP) is 3.38. The predicted molar refractivity (Wildman–Crippen MR) is 65.5 cm³/mol. The molecule has 1 heterocycles. The second-order valence-corrected chi connectivity index (χ2v) is 3.88. The molecule has 1 aliphatic heterocycles. The summed E-state index contributed by atoms with van der Waals surface area (Å²) in [5.74, 6) is 0.978. The molecule has 0 aliphatic carbocycles. The van der Waals surface area contributed by atoms with Gasteiger partial charge in [0.15, 0.2) is 17.3 Å². The van der Waals surface area contributed by atoms with Gasteiger partial charge in [-0.2, -0.15) is 0 Å². The lowest BCUT2D eigenvalue weighted by atomic mass is 10.0. The summed E-state index contributed by atoms with van der Waals surface area (Å²) in [4.78, 5) is 14.7. The molecular weight excluding hydrogens is 234 g/mol. The summed E-state index contributed by atoms with van der Waals surface area (Å²) >= 11 is 0. The highest BCUT2D eigenvalue weighted by Gasteiger charge is 2.18. The fraction of sp³-hybridized carbons (Fsp3) is 0.417. The van der Waals surface area contributed by atoms with Gasteiger partial charge in [0, 0.05) is 16.9 Å². The first-order valence-corrected chi connectivity index (χ1v) is 5.78. The largest absolute Gasteiger partial charge is 0.486 e. The van der Waals surface area contributed by atoms with Gasteiger partial charge in [-0.15, -0.1) is 0 Å². The summed E-state index contributed by atoms with van der Waals surface area (Å²) in [6.45, 7) is 2.82. The molecule has 94 valence electrons. The Morgan fingerprint density at radius 3 is 2.67 bits per heavy atom. The molecule has 0 saturated heterocycles. The van der Waals surface area contributed by atoms with E-state index in [1.165, 1.54) is 0 Å². The van der Waals surface area contributed by atoms with Gasteiger partial charge in [-0.3, -0.25) is 4.79 Å². The van der Waals surface area contributed by atoms with Gasteiger partial charge >= 0.3 is 0 Å². The van der Waals surface area contributed by atoms with E-state index in [9.17, 15) is 4.79 Å². The Morgan fingerprint density at radius 2 is 2.06 bits per heavy atom. The number of carbonyl (C=O) groups excluding carboxylic acids is 1. The lowest BCUT2D eigenvalue weighted by Crippen LogP contribution is -2.16. The maximum Gasteiger partial charge on any atom is 0.163 e. The molecule has 0 fully saturated rings. The van der Waals surface area contributed by atoms with Crippen molar-refractivity contribution < 1.29 is 14.3 Å². The first-order valence-electron chi connectivity index (χ1n) is 5.78. The minimum atomic E-state index is -0.0585. The lowest BCUT2D eigenvalue weighted by Gasteiger charge is -2.19. The monoisotopic (exact) mass is 247 g/mol. The number of ketones is 1. The normalized spacial score (nSPS) is 12.7. The highest BCUT2D eigenvalue weighted by molar-refractivity contribution is 6.01. The minimum absolute atomic E-state index is 0.0585. The molecule has 0 atom stereocenters. The molecule has 6 heteroatoms. The van der Waals surface area contributed by atoms with E-state index in [-0.39, 0.29) is 5.78 Å². The lowest BCUT2D eigenvalue weighted by molar-refractivity contribution is 0.0981. The van der Waals surface area contributed by atoms with Gasteiger partial charge < -0.3 is 9.47 Å². The summed E-state index contributed by atoms with van der Waals surface area (Å²) in [6, 6.07) is 3.15. The molecule has 0 radical (unpaired) electrons. The van der Waals surface area contributed by atoms with Crippen LogP contribution in [0.15, 0.2) is 17.2 Å². The highest BCUT2D eigenvalue weighted by Crippen LogP contribution is 2.37. The summed E-state index contributed by atoms with van der Waals surface area (Å²) in [5, 5.41) is 3.54. The number of hydrogen-bond acceptors (Lipinski definition) is 4. The van der Waals surface area contributed by atoms with Crippen molar-refractivity contribution in [3.63, 3.8) is 0 Å². The van der Waals surface area contributed by atoms with E-state index in [4.69, 9.17) is 15.0 Å². The van der Waals surface area contributed by atoms with Crippen molar-refractivity contribution in [1.29, 1.82) is 0 Å². The number of benzene rings is 1. The number of ether oxygens (including phenoxy) is 2. The van der Waals surface area contributed by atoms with E-state index in [1.807, 2.05) is 6.92 Å². The second-order valence-electron chi connectivity index (χ2n) is 3.88. The zero-order valence-corrected chi connectivity index (χ0v) is 10.0. The molecule has 0 bridgehead atoms. The smallest absolute Gasteiger partial charge is 0.163 e. The van der Waals surface area contributed by atoms with Gasteiger partial charge in [-0.25, -0.2) is 0 Å². The Labute approximate surface area is 104 Å². The molecule has 0 saturated carbocycles. The zero-order valence-electron chi connectivity index (χ0n) is 10.0. The van der Waals surface area contributed by atoms with E-state index in [0.29, 0.717) is 42.4 Å². The van der Waals surface area contributed by atoms with E-state index in [0.717, 1.165) is 6.42 Å². The van der Waals surface area contributed by atoms with Crippen molar-refractivity contribution in [3.05, 3.63) is 28.1 Å². The molecule has 6 nitrogen and oxygen atoms in total. The fourth-order valence-corrected chi connectivity index (χ4v) is 1.79. The van der Waals surface area contributed by atoms with Crippen molar-refractivity contribution >= 4 is 11.5 Å². The molecular formula is C12H13N3O3. The summed E-state index contributed by atoms with van der Waals surface area (Å²) in [6.07, 6.45) is 1.15. The number of Topliss-reactive ketones (excluding diaryl/α,β-unsaturated/α-hetero) is 1. The van der Waals surface area contributed by atoms with Gasteiger partial charge in [0.05, 0.1) is 5.69 Å². The summed E-state index contributed by atoms with van der Waals surface area (Å²) < 4.78 is 10.8. The number of hydrogen-bond donors (Lipinski definition) is 0. The van der Waals surface area contributed by atoms with Crippen molar-refractivity contribution in [2.24, 2.45) is 5.11 Å². The third-order valence-corrected chi connectivity index (χ3v) is 2.59. The number of nitrogens with zero attached hydrogens (tertiary/aromatic N) is 3. The topological polar surface area (TPSA) is 84.3 Å². The molecule has 0 aromatic heterocycles. The van der Waals surface area contributed by atoms with Crippen LogP contribution in [0.3, 0.4) is 0 Å². The zero-order chi connectivity index (χ0) is 13.0. The molecule has 0 unspecified atom stereocenters. The maximum absolute atomic E-state index is 11.9. The minimum Gasteiger partial charge on any atom is -0.486 e. The van der Waals surface area contributed by atoms with Gasteiger partial charge in [0.2, 0.25) is 0 Å². The average molecular weight is 247 g/mol. The van der Waals surface area contributed by atoms with Crippen LogP contribution in [0, 0.1) is 0 Å². The Balaban J connectivity index is 2.48. The summed E-state index contributed by atoms with van der Waals surface area (Å²) in [5.41, 5.74) is 9.21.